The first kappa shape index (κ1) is 13.0. The SMILES string of the molecule is CC(C)NC(=O)CN1CCC(CC(=O)O)C1. The third-order valence-electron chi connectivity index (χ3n) is 2.65. The topological polar surface area (TPSA) is 69.6 Å². The second kappa shape index (κ2) is 5.84. The van der Waals surface area contributed by atoms with Gasteiger partial charge in [0.15, 0.2) is 0 Å². The highest BCUT2D eigenvalue weighted by Crippen LogP contribution is 2.18. The smallest absolute Gasteiger partial charge is 0.303 e. The van der Waals surface area contributed by atoms with Crippen LogP contribution in [0.5, 0.6) is 0 Å². The van der Waals surface area contributed by atoms with Crippen molar-refractivity contribution in [2.75, 3.05) is 19.6 Å². The Morgan fingerprint density at radius 2 is 2.19 bits per heavy atom. The van der Waals surface area contributed by atoms with E-state index < -0.39 is 5.97 Å². The van der Waals surface area contributed by atoms with Gasteiger partial charge in [-0.05, 0) is 32.7 Å². The van der Waals surface area contributed by atoms with Gasteiger partial charge in [0.1, 0.15) is 0 Å². The molecule has 1 fully saturated rings. The molecule has 16 heavy (non-hydrogen) atoms. The molecule has 1 aliphatic heterocycles. The lowest BCUT2D eigenvalue weighted by Crippen LogP contribution is -2.39. The summed E-state index contributed by atoms with van der Waals surface area (Å²) in [6.45, 7) is 5.78. The quantitative estimate of drug-likeness (QED) is 0.710. The largest absolute Gasteiger partial charge is 0.481 e. The monoisotopic (exact) mass is 228 g/mol. The summed E-state index contributed by atoms with van der Waals surface area (Å²) in [5.74, 6) is -0.534. The zero-order chi connectivity index (χ0) is 12.1. The molecule has 0 radical (unpaired) electrons. The van der Waals surface area contributed by atoms with Gasteiger partial charge in [-0.2, -0.15) is 0 Å². The Morgan fingerprint density at radius 3 is 2.75 bits per heavy atom. The van der Waals surface area contributed by atoms with Crippen molar-refractivity contribution in [1.29, 1.82) is 0 Å². The van der Waals surface area contributed by atoms with Crippen molar-refractivity contribution in [3.05, 3.63) is 0 Å². The normalized spacial score (nSPS) is 21.3. The second-order valence-corrected chi connectivity index (χ2v) is 4.71. The number of carbonyl (C=O) groups is 2. The number of carbonyl (C=O) groups excluding carboxylic acids is 1. The average Bonchev–Trinajstić information content (AvgIpc) is 2.49. The first-order valence-electron chi connectivity index (χ1n) is 5.71. The van der Waals surface area contributed by atoms with Gasteiger partial charge in [-0.3, -0.25) is 14.5 Å². The van der Waals surface area contributed by atoms with Gasteiger partial charge in [-0.15, -0.1) is 0 Å². The number of amides is 1. The van der Waals surface area contributed by atoms with Crippen molar-refractivity contribution < 1.29 is 14.7 Å². The van der Waals surface area contributed by atoms with Gasteiger partial charge in [0, 0.05) is 19.0 Å². The highest BCUT2D eigenvalue weighted by molar-refractivity contribution is 5.78. The Balaban J connectivity index is 2.25. The van der Waals surface area contributed by atoms with Gasteiger partial charge < -0.3 is 10.4 Å². The molecule has 0 aliphatic carbocycles. The second-order valence-electron chi connectivity index (χ2n) is 4.71. The van der Waals surface area contributed by atoms with Crippen LogP contribution in [0.15, 0.2) is 0 Å². The van der Waals surface area contributed by atoms with Crippen LogP contribution in [-0.4, -0.2) is 47.6 Å². The minimum absolute atomic E-state index is 0.0194. The molecule has 5 nitrogen and oxygen atoms in total. The van der Waals surface area contributed by atoms with Crippen LogP contribution in [0, 0.1) is 5.92 Å². The zero-order valence-electron chi connectivity index (χ0n) is 9.90. The fourth-order valence-electron chi connectivity index (χ4n) is 2.04. The molecule has 0 bridgehead atoms. The van der Waals surface area contributed by atoms with E-state index in [0.29, 0.717) is 6.54 Å². The standard InChI is InChI=1S/C11H20N2O3/c1-8(2)12-10(14)7-13-4-3-9(6-13)5-11(15)16/h8-9H,3-7H2,1-2H3,(H,12,14)(H,15,16). The lowest BCUT2D eigenvalue weighted by Gasteiger charge is -2.16. The molecule has 1 rings (SSSR count). The molecule has 5 heteroatoms. The molecule has 1 atom stereocenters. The maximum Gasteiger partial charge on any atom is 0.303 e. The lowest BCUT2D eigenvalue weighted by molar-refractivity contribution is -0.138. The van der Waals surface area contributed by atoms with E-state index in [0.717, 1.165) is 19.5 Å². The number of likely N-dealkylation sites (tertiary alicyclic amines) is 1. The van der Waals surface area contributed by atoms with E-state index in [1.165, 1.54) is 0 Å². The van der Waals surface area contributed by atoms with E-state index >= 15 is 0 Å². The molecule has 1 unspecified atom stereocenters. The minimum atomic E-state index is -0.751. The summed E-state index contributed by atoms with van der Waals surface area (Å²) in [4.78, 5) is 24.0. The van der Waals surface area contributed by atoms with Gasteiger partial charge >= 0.3 is 5.97 Å². The summed E-state index contributed by atoms with van der Waals surface area (Å²) >= 11 is 0. The van der Waals surface area contributed by atoms with E-state index in [-0.39, 0.29) is 24.3 Å². The van der Waals surface area contributed by atoms with Gasteiger partial charge in [0.2, 0.25) is 5.91 Å². The summed E-state index contributed by atoms with van der Waals surface area (Å²) in [6, 6.07) is 0.157. The molecule has 0 aromatic rings. The minimum Gasteiger partial charge on any atom is -0.481 e. The van der Waals surface area contributed by atoms with E-state index in [2.05, 4.69) is 5.32 Å². The Bertz CT molecular complexity index is 266. The van der Waals surface area contributed by atoms with Crippen LogP contribution >= 0.6 is 0 Å². The van der Waals surface area contributed by atoms with E-state index in [1.807, 2.05) is 18.7 Å². The van der Waals surface area contributed by atoms with E-state index in [1.54, 1.807) is 0 Å². The Hall–Kier alpha value is -1.10. The van der Waals surface area contributed by atoms with Gasteiger partial charge in [0.05, 0.1) is 6.54 Å². The summed E-state index contributed by atoms with van der Waals surface area (Å²) < 4.78 is 0. The summed E-state index contributed by atoms with van der Waals surface area (Å²) in [6.07, 6.45) is 1.09. The molecule has 2 N–H and O–H groups in total. The average molecular weight is 228 g/mol. The maximum atomic E-state index is 11.5. The number of hydrogen-bond acceptors (Lipinski definition) is 3. The van der Waals surface area contributed by atoms with Crippen molar-refractivity contribution in [3.63, 3.8) is 0 Å². The Labute approximate surface area is 95.8 Å². The van der Waals surface area contributed by atoms with Crippen LogP contribution in [0.25, 0.3) is 0 Å². The molecule has 0 spiro atoms. The van der Waals surface area contributed by atoms with Gasteiger partial charge in [0.25, 0.3) is 0 Å². The third kappa shape index (κ3) is 4.61. The predicted octanol–water partition coefficient (Wildman–Crippen LogP) is 0.308. The first-order valence-corrected chi connectivity index (χ1v) is 5.71. The molecule has 0 aromatic carbocycles. The number of aliphatic carboxylic acids is 1. The number of rotatable bonds is 5. The molecule has 1 saturated heterocycles. The number of nitrogens with zero attached hydrogens (tertiary/aromatic N) is 1. The fraction of sp³-hybridized carbons (Fsp3) is 0.818. The molecule has 1 heterocycles. The van der Waals surface area contributed by atoms with Crippen LogP contribution in [0.1, 0.15) is 26.7 Å². The van der Waals surface area contributed by atoms with Crippen molar-refractivity contribution in [3.8, 4) is 0 Å². The highest BCUT2D eigenvalue weighted by atomic mass is 16.4. The van der Waals surface area contributed by atoms with Crippen molar-refractivity contribution in [1.82, 2.24) is 10.2 Å². The summed E-state index contributed by atoms with van der Waals surface area (Å²) in [5, 5.41) is 11.5. The molecule has 92 valence electrons. The molecule has 0 saturated carbocycles. The van der Waals surface area contributed by atoms with Crippen LogP contribution in [0.2, 0.25) is 0 Å². The number of hydrogen-bond donors (Lipinski definition) is 2. The summed E-state index contributed by atoms with van der Waals surface area (Å²) in [5.41, 5.74) is 0. The number of carboxylic acid groups (broad SMARTS) is 1. The predicted molar refractivity (Wildman–Crippen MR) is 60.1 cm³/mol. The van der Waals surface area contributed by atoms with Crippen LogP contribution in [-0.2, 0) is 9.59 Å². The van der Waals surface area contributed by atoms with E-state index in [4.69, 9.17) is 5.11 Å². The third-order valence-corrected chi connectivity index (χ3v) is 2.65. The zero-order valence-corrected chi connectivity index (χ0v) is 9.90. The molecular formula is C11H20N2O3. The Kier molecular flexibility index (Phi) is 4.73. The van der Waals surface area contributed by atoms with Gasteiger partial charge in [-0.25, -0.2) is 0 Å². The number of nitrogens with one attached hydrogen (secondary N) is 1. The Morgan fingerprint density at radius 1 is 1.50 bits per heavy atom. The van der Waals surface area contributed by atoms with Crippen molar-refractivity contribution >= 4 is 11.9 Å². The number of carboxylic acids is 1. The lowest BCUT2D eigenvalue weighted by atomic mass is 10.1. The van der Waals surface area contributed by atoms with Crippen LogP contribution in [0.3, 0.4) is 0 Å². The molecular weight excluding hydrogens is 208 g/mol. The summed E-state index contributed by atoms with van der Waals surface area (Å²) in [7, 11) is 0. The first-order chi connectivity index (χ1) is 7.47. The van der Waals surface area contributed by atoms with Crippen molar-refractivity contribution in [2.45, 2.75) is 32.7 Å². The molecule has 0 aromatic heterocycles. The van der Waals surface area contributed by atoms with Crippen LogP contribution < -0.4 is 5.32 Å². The van der Waals surface area contributed by atoms with Crippen LogP contribution in [0.4, 0.5) is 0 Å². The van der Waals surface area contributed by atoms with Crippen molar-refractivity contribution in [2.24, 2.45) is 5.92 Å². The molecule has 1 amide bonds. The van der Waals surface area contributed by atoms with E-state index in [9.17, 15) is 9.59 Å². The van der Waals surface area contributed by atoms with Gasteiger partial charge in [-0.1, -0.05) is 0 Å². The molecule has 1 aliphatic rings. The fourth-order valence-corrected chi connectivity index (χ4v) is 2.04. The maximum absolute atomic E-state index is 11.5. The highest BCUT2D eigenvalue weighted by Gasteiger charge is 2.25.